The maximum Gasteiger partial charge on any atom is 0.262 e. The topological polar surface area (TPSA) is 102 Å². The van der Waals surface area contributed by atoms with Crippen LogP contribution in [-0.4, -0.2) is 49.7 Å². The Kier molecular flexibility index (Phi) is 7.14. The van der Waals surface area contributed by atoms with Crippen molar-refractivity contribution in [1.82, 2.24) is 9.88 Å². The van der Waals surface area contributed by atoms with E-state index in [-0.39, 0.29) is 16.6 Å². The van der Waals surface area contributed by atoms with Gasteiger partial charge in [0.05, 0.1) is 23.4 Å². The zero-order chi connectivity index (χ0) is 23.4. The Labute approximate surface area is 197 Å². The number of carbonyl (C=O) groups is 1. The van der Waals surface area contributed by atoms with Crippen LogP contribution < -0.4 is 9.46 Å². The van der Waals surface area contributed by atoms with E-state index in [1.165, 1.54) is 31.0 Å². The second-order valence-electron chi connectivity index (χ2n) is 7.85. The predicted octanol–water partition coefficient (Wildman–Crippen LogP) is 4.52. The van der Waals surface area contributed by atoms with Crippen LogP contribution in [0.4, 0.5) is 5.69 Å². The fourth-order valence-corrected chi connectivity index (χ4v) is 5.82. The van der Waals surface area contributed by atoms with Crippen molar-refractivity contribution in [3.05, 3.63) is 42.5 Å². The highest BCUT2D eigenvalue weighted by Crippen LogP contribution is 2.29. The summed E-state index contributed by atoms with van der Waals surface area (Å²) in [5.74, 6) is 0.744. The predicted molar refractivity (Wildman–Crippen MR) is 128 cm³/mol. The number of piperidine rings is 1. The van der Waals surface area contributed by atoms with E-state index in [2.05, 4.69) is 16.6 Å². The number of nitrogens with zero attached hydrogens (tertiary/aromatic N) is 2. The molecule has 1 aliphatic rings. The number of hydrogen-bond donors (Lipinski definition) is 1. The minimum absolute atomic E-state index is 0.0564. The summed E-state index contributed by atoms with van der Waals surface area (Å²) in [5, 5.41) is 0.343. The van der Waals surface area contributed by atoms with Crippen LogP contribution >= 0.6 is 11.8 Å². The number of thioether (sulfide) groups is 1. The van der Waals surface area contributed by atoms with Crippen molar-refractivity contribution in [1.29, 1.82) is 0 Å². The van der Waals surface area contributed by atoms with E-state index in [0.717, 1.165) is 32.2 Å². The van der Waals surface area contributed by atoms with Crippen LogP contribution in [0.1, 0.15) is 32.6 Å². The first kappa shape index (κ1) is 23.4. The van der Waals surface area contributed by atoms with Gasteiger partial charge in [0.25, 0.3) is 15.2 Å². The van der Waals surface area contributed by atoms with Gasteiger partial charge in [-0.05, 0) is 56.0 Å². The molecule has 3 aromatic rings. The number of likely N-dealkylation sites (tertiary alicyclic amines) is 1. The fourth-order valence-electron chi connectivity index (χ4n) is 4.01. The van der Waals surface area contributed by atoms with E-state index in [4.69, 9.17) is 9.15 Å². The number of nitrogens with one attached hydrogen (secondary N) is 1. The number of amides is 1. The number of rotatable bonds is 8. The largest absolute Gasteiger partial charge is 0.495 e. The fraction of sp³-hybridized carbons (Fsp3) is 0.391. The second kappa shape index (κ2) is 10.0. The molecule has 176 valence electrons. The van der Waals surface area contributed by atoms with Gasteiger partial charge in [0, 0.05) is 12.6 Å². The number of aromatic nitrogens is 1. The van der Waals surface area contributed by atoms with Gasteiger partial charge in [0.1, 0.15) is 11.3 Å². The van der Waals surface area contributed by atoms with Crippen molar-refractivity contribution in [2.45, 2.75) is 48.8 Å². The third-order valence-electron chi connectivity index (χ3n) is 5.74. The number of hydrogen-bond acceptors (Lipinski definition) is 7. The van der Waals surface area contributed by atoms with Gasteiger partial charge in [-0.25, -0.2) is 13.4 Å². The number of carbonyl (C=O) groups excluding carboxylic acids is 1. The van der Waals surface area contributed by atoms with Gasteiger partial charge in [0.15, 0.2) is 5.58 Å². The summed E-state index contributed by atoms with van der Waals surface area (Å²) in [6, 6.07) is 11.6. The van der Waals surface area contributed by atoms with E-state index < -0.39 is 10.0 Å². The Morgan fingerprint density at radius 1 is 1.27 bits per heavy atom. The monoisotopic (exact) mass is 489 g/mol. The van der Waals surface area contributed by atoms with Gasteiger partial charge in [0.2, 0.25) is 5.91 Å². The number of oxazole rings is 1. The summed E-state index contributed by atoms with van der Waals surface area (Å²) in [4.78, 5) is 19.1. The van der Waals surface area contributed by atoms with Crippen LogP contribution in [-0.2, 0) is 14.8 Å². The first-order chi connectivity index (χ1) is 15.9. The Bertz CT molecular complexity index is 1240. The van der Waals surface area contributed by atoms with Crippen molar-refractivity contribution in [2.75, 3.05) is 24.1 Å². The van der Waals surface area contributed by atoms with E-state index in [9.17, 15) is 13.2 Å². The molecule has 8 nitrogen and oxygen atoms in total. The van der Waals surface area contributed by atoms with Crippen LogP contribution in [0.25, 0.3) is 11.1 Å². The van der Waals surface area contributed by atoms with Gasteiger partial charge in [-0.2, -0.15) is 0 Å². The Morgan fingerprint density at radius 3 is 2.88 bits per heavy atom. The summed E-state index contributed by atoms with van der Waals surface area (Å²) in [5.41, 5.74) is 1.22. The van der Waals surface area contributed by atoms with Crippen LogP contribution in [0.15, 0.2) is 57.0 Å². The van der Waals surface area contributed by atoms with Crippen molar-refractivity contribution in [3.8, 4) is 5.75 Å². The molecule has 33 heavy (non-hydrogen) atoms. The molecule has 1 N–H and O–H groups in total. The van der Waals surface area contributed by atoms with E-state index in [1.807, 2.05) is 4.90 Å². The summed E-state index contributed by atoms with van der Waals surface area (Å²) in [6.45, 7) is 2.91. The summed E-state index contributed by atoms with van der Waals surface area (Å²) in [7, 11) is -2.38. The Hall–Kier alpha value is -2.72. The first-order valence-corrected chi connectivity index (χ1v) is 13.4. The zero-order valence-electron chi connectivity index (χ0n) is 18.6. The number of ether oxygens (including phenoxy) is 1. The minimum atomic E-state index is -3.86. The van der Waals surface area contributed by atoms with Crippen molar-refractivity contribution in [3.63, 3.8) is 0 Å². The highest BCUT2D eigenvalue weighted by molar-refractivity contribution is 7.99. The number of anilines is 1. The minimum Gasteiger partial charge on any atom is -0.495 e. The number of methoxy groups -OCH3 is 1. The molecule has 1 unspecified atom stereocenters. The molecule has 10 heteroatoms. The van der Waals surface area contributed by atoms with E-state index in [0.29, 0.717) is 33.8 Å². The SMILES string of the molecule is CCC1CCCCN1C(=O)CSc1nc2cc(S(=O)(=O)Nc3ccccc3OC)ccc2o1. The lowest BCUT2D eigenvalue weighted by Gasteiger charge is -2.35. The lowest BCUT2D eigenvalue weighted by atomic mass is 10.0. The highest BCUT2D eigenvalue weighted by atomic mass is 32.2. The van der Waals surface area contributed by atoms with Crippen LogP contribution in [0.3, 0.4) is 0 Å². The number of fused-ring (bicyclic) bond motifs is 1. The Balaban J connectivity index is 1.47. The molecule has 1 amide bonds. The van der Waals surface area contributed by atoms with Gasteiger partial charge in [-0.3, -0.25) is 9.52 Å². The van der Waals surface area contributed by atoms with Gasteiger partial charge in [-0.15, -0.1) is 0 Å². The van der Waals surface area contributed by atoms with E-state index in [1.54, 1.807) is 30.3 Å². The molecule has 0 radical (unpaired) electrons. The van der Waals surface area contributed by atoms with Gasteiger partial charge >= 0.3 is 0 Å². The third kappa shape index (κ3) is 5.27. The molecule has 1 atom stereocenters. The molecule has 1 aliphatic heterocycles. The number of sulfonamides is 1. The standard InChI is InChI=1S/C23H27N3O5S2/c1-3-16-8-6-7-13-26(16)22(27)15-32-23-24-19-14-17(11-12-21(19)31-23)33(28,29)25-18-9-4-5-10-20(18)30-2/h4-5,9-12,14,16,25H,3,6-8,13,15H2,1-2H3. The number of para-hydroxylation sites is 2. The van der Waals surface area contributed by atoms with Gasteiger partial charge < -0.3 is 14.1 Å². The Morgan fingerprint density at radius 2 is 2.09 bits per heavy atom. The molecular weight excluding hydrogens is 462 g/mol. The van der Waals surface area contributed by atoms with Crippen LogP contribution in [0.5, 0.6) is 5.75 Å². The van der Waals surface area contributed by atoms with Crippen molar-refractivity contribution in [2.24, 2.45) is 0 Å². The van der Waals surface area contributed by atoms with Gasteiger partial charge in [-0.1, -0.05) is 30.8 Å². The van der Waals surface area contributed by atoms with Crippen molar-refractivity contribution < 1.29 is 22.4 Å². The molecule has 1 saturated heterocycles. The lowest BCUT2D eigenvalue weighted by molar-refractivity contribution is -0.132. The summed E-state index contributed by atoms with van der Waals surface area (Å²) < 4.78 is 39.3. The first-order valence-electron chi connectivity index (χ1n) is 10.9. The van der Waals surface area contributed by atoms with Crippen molar-refractivity contribution >= 4 is 44.5 Å². The third-order valence-corrected chi connectivity index (χ3v) is 7.91. The molecule has 2 heterocycles. The zero-order valence-corrected chi connectivity index (χ0v) is 20.2. The molecule has 2 aromatic carbocycles. The maximum absolute atomic E-state index is 12.9. The quantitative estimate of drug-likeness (QED) is 0.464. The second-order valence-corrected chi connectivity index (χ2v) is 10.5. The molecule has 1 aromatic heterocycles. The normalized spacial score (nSPS) is 16.7. The molecule has 0 aliphatic carbocycles. The van der Waals surface area contributed by atoms with Crippen LogP contribution in [0, 0.1) is 0 Å². The lowest BCUT2D eigenvalue weighted by Crippen LogP contribution is -2.44. The van der Waals surface area contributed by atoms with E-state index >= 15 is 0 Å². The summed E-state index contributed by atoms with van der Waals surface area (Å²) in [6.07, 6.45) is 4.21. The highest BCUT2D eigenvalue weighted by Gasteiger charge is 2.26. The molecule has 4 rings (SSSR count). The molecule has 0 spiro atoms. The maximum atomic E-state index is 12.9. The summed E-state index contributed by atoms with van der Waals surface area (Å²) >= 11 is 1.23. The average Bonchev–Trinajstić information content (AvgIpc) is 3.25. The molecular formula is C23H27N3O5S2. The molecule has 0 saturated carbocycles. The number of benzene rings is 2. The molecule has 1 fully saturated rings. The van der Waals surface area contributed by atoms with Crippen LogP contribution in [0.2, 0.25) is 0 Å². The molecule has 0 bridgehead atoms. The average molecular weight is 490 g/mol. The smallest absolute Gasteiger partial charge is 0.262 e.